The Labute approximate surface area is 91.3 Å². The third kappa shape index (κ3) is 2.72. The van der Waals surface area contributed by atoms with E-state index in [-0.39, 0.29) is 6.10 Å². The van der Waals surface area contributed by atoms with Gasteiger partial charge in [0.2, 0.25) is 0 Å². The number of aryl methyl sites for hydroxylation is 1. The first-order valence-electron chi connectivity index (χ1n) is 5.79. The average Bonchev–Trinajstić information content (AvgIpc) is 2.41. The Bertz CT molecular complexity index is 333. The topological polar surface area (TPSA) is 32.3 Å². The molecule has 1 heterocycles. The van der Waals surface area contributed by atoms with Crippen molar-refractivity contribution in [2.75, 3.05) is 11.9 Å². The monoisotopic (exact) mass is 205 g/mol. The van der Waals surface area contributed by atoms with Gasteiger partial charge in [0, 0.05) is 12.2 Å². The summed E-state index contributed by atoms with van der Waals surface area (Å²) in [6.07, 6.45) is 4.19. The van der Waals surface area contributed by atoms with Crippen LogP contribution < -0.4 is 5.32 Å². The molecule has 2 nitrogen and oxygen atoms in total. The molecule has 82 valence electrons. The van der Waals surface area contributed by atoms with Gasteiger partial charge >= 0.3 is 0 Å². The molecule has 0 amide bonds. The van der Waals surface area contributed by atoms with Gasteiger partial charge in [0.1, 0.15) is 0 Å². The van der Waals surface area contributed by atoms with Crippen molar-refractivity contribution in [3.63, 3.8) is 0 Å². The number of hydrogen-bond donors (Lipinski definition) is 2. The van der Waals surface area contributed by atoms with Gasteiger partial charge in [0.15, 0.2) is 0 Å². The summed E-state index contributed by atoms with van der Waals surface area (Å²) in [5.41, 5.74) is 3.91. The van der Waals surface area contributed by atoms with Crippen molar-refractivity contribution in [2.24, 2.45) is 0 Å². The van der Waals surface area contributed by atoms with E-state index in [1.807, 2.05) is 6.92 Å². The summed E-state index contributed by atoms with van der Waals surface area (Å²) in [5, 5.41) is 12.8. The predicted octanol–water partition coefficient (Wildman–Crippen LogP) is 2.36. The van der Waals surface area contributed by atoms with Crippen LogP contribution in [0.4, 0.5) is 5.69 Å². The Morgan fingerprint density at radius 1 is 1.40 bits per heavy atom. The van der Waals surface area contributed by atoms with Crippen LogP contribution in [-0.2, 0) is 12.8 Å². The van der Waals surface area contributed by atoms with Gasteiger partial charge in [-0.3, -0.25) is 0 Å². The maximum atomic E-state index is 9.35. The molecule has 0 radical (unpaired) electrons. The normalized spacial score (nSPS) is 17.5. The van der Waals surface area contributed by atoms with Crippen molar-refractivity contribution < 1.29 is 5.11 Å². The maximum absolute atomic E-state index is 9.35. The van der Waals surface area contributed by atoms with Crippen LogP contribution in [0.5, 0.6) is 0 Å². The number of anilines is 1. The van der Waals surface area contributed by atoms with Gasteiger partial charge in [0.25, 0.3) is 0 Å². The van der Waals surface area contributed by atoms with Crippen LogP contribution in [0.15, 0.2) is 18.2 Å². The first-order valence-corrected chi connectivity index (χ1v) is 5.79. The molecule has 0 fully saturated rings. The van der Waals surface area contributed by atoms with E-state index >= 15 is 0 Å². The molecular weight excluding hydrogens is 186 g/mol. The van der Waals surface area contributed by atoms with Gasteiger partial charge in [0.05, 0.1) is 6.10 Å². The van der Waals surface area contributed by atoms with E-state index in [1.54, 1.807) is 0 Å². The molecule has 1 aromatic rings. The second-order valence-electron chi connectivity index (χ2n) is 4.43. The molecule has 0 saturated heterocycles. The van der Waals surface area contributed by atoms with Crippen LogP contribution in [0.25, 0.3) is 0 Å². The van der Waals surface area contributed by atoms with Gasteiger partial charge in [-0.05, 0) is 49.8 Å². The summed E-state index contributed by atoms with van der Waals surface area (Å²) in [5.74, 6) is 0. The van der Waals surface area contributed by atoms with Crippen LogP contribution in [0.1, 0.15) is 30.9 Å². The number of benzene rings is 1. The summed E-state index contributed by atoms with van der Waals surface area (Å²) in [7, 11) is 0. The second-order valence-corrected chi connectivity index (χ2v) is 4.43. The number of hydrogen-bond acceptors (Lipinski definition) is 2. The van der Waals surface area contributed by atoms with E-state index in [2.05, 4.69) is 23.5 Å². The maximum Gasteiger partial charge on any atom is 0.0552 e. The minimum absolute atomic E-state index is 0.256. The summed E-state index contributed by atoms with van der Waals surface area (Å²) >= 11 is 0. The van der Waals surface area contributed by atoms with Crippen molar-refractivity contribution in [1.82, 2.24) is 0 Å². The van der Waals surface area contributed by atoms with E-state index in [0.717, 1.165) is 13.0 Å². The molecule has 1 atom stereocenters. The lowest BCUT2D eigenvalue weighted by molar-refractivity contribution is 0.195. The quantitative estimate of drug-likeness (QED) is 0.777. The van der Waals surface area contributed by atoms with Crippen molar-refractivity contribution in [2.45, 2.75) is 38.7 Å². The molecule has 1 aliphatic heterocycles. The van der Waals surface area contributed by atoms with Crippen LogP contribution in [0, 0.1) is 0 Å². The standard InChI is InChI=1S/C13H19NO/c1-10(15)8-11-5-6-12-4-2-3-7-14-13(12)9-11/h5-6,9-10,14-15H,2-4,7-8H2,1H3. The fourth-order valence-corrected chi connectivity index (χ4v) is 2.14. The van der Waals surface area contributed by atoms with E-state index in [9.17, 15) is 5.11 Å². The molecule has 2 N–H and O–H groups in total. The lowest BCUT2D eigenvalue weighted by Gasteiger charge is -2.11. The van der Waals surface area contributed by atoms with Gasteiger partial charge < -0.3 is 10.4 Å². The smallest absolute Gasteiger partial charge is 0.0552 e. The summed E-state index contributed by atoms with van der Waals surface area (Å²) in [4.78, 5) is 0. The van der Waals surface area contributed by atoms with E-state index < -0.39 is 0 Å². The Kier molecular flexibility index (Phi) is 3.27. The Hall–Kier alpha value is -1.02. The van der Waals surface area contributed by atoms with Crippen LogP contribution in [0.2, 0.25) is 0 Å². The van der Waals surface area contributed by atoms with Gasteiger partial charge in [-0.2, -0.15) is 0 Å². The molecule has 0 saturated carbocycles. The fourth-order valence-electron chi connectivity index (χ4n) is 2.14. The summed E-state index contributed by atoms with van der Waals surface area (Å²) in [6.45, 7) is 2.91. The van der Waals surface area contributed by atoms with Gasteiger partial charge in [-0.1, -0.05) is 12.1 Å². The third-order valence-electron chi connectivity index (χ3n) is 2.89. The SMILES string of the molecule is CC(O)Cc1ccc2c(c1)NCCCC2. The first kappa shape index (κ1) is 10.5. The van der Waals surface area contributed by atoms with Crippen LogP contribution >= 0.6 is 0 Å². The van der Waals surface area contributed by atoms with E-state index in [4.69, 9.17) is 0 Å². The van der Waals surface area contributed by atoms with E-state index in [0.29, 0.717) is 0 Å². The largest absolute Gasteiger partial charge is 0.393 e. The third-order valence-corrected chi connectivity index (χ3v) is 2.89. The molecule has 0 bridgehead atoms. The predicted molar refractivity (Wildman–Crippen MR) is 63.3 cm³/mol. The Morgan fingerprint density at radius 3 is 3.07 bits per heavy atom. The summed E-state index contributed by atoms with van der Waals surface area (Å²) in [6, 6.07) is 6.53. The van der Waals surface area contributed by atoms with Crippen molar-refractivity contribution in [3.05, 3.63) is 29.3 Å². The minimum atomic E-state index is -0.256. The number of aliphatic hydroxyl groups is 1. The highest BCUT2D eigenvalue weighted by atomic mass is 16.3. The fraction of sp³-hybridized carbons (Fsp3) is 0.538. The zero-order valence-electron chi connectivity index (χ0n) is 9.29. The number of nitrogens with one attached hydrogen (secondary N) is 1. The number of rotatable bonds is 2. The zero-order chi connectivity index (χ0) is 10.7. The highest BCUT2D eigenvalue weighted by molar-refractivity contribution is 5.54. The molecule has 15 heavy (non-hydrogen) atoms. The average molecular weight is 205 g/mol. The molecule has 1 unspecified atom stereocenters. The lowest BCUT2D eigenvalue weighted by Crippen LogP contribution is -2.06. The highest BCUT2D eigenvalue weighted by Crippen LogP contribution is 2.23. The van der Waals surface area contributed by atoms with Crippen molar-refractivity contribution in [1.29, 1.82) is 0 Å². The van der Waals surface area contributed by atoms with Gasteiger partial charge in [-0.15, -0.1) is 0 Å². The van der Waals surface area contributed by atoms with E-state index in [1.165, 1.54) is 36.1 Å². The van der Waals surface area contributed by atoms with Crippen LogP contribution in [-0.4, -0.2) is 17.8 Å². The van der Waals surface area contributed by atoms with Crippen molar-refractivity contribution in [3.8, 4) is 0 Å². The number of aliphatic hydroxyl groups excluding tert-OH is 1. The number of fused-ring (bicyclic) bond motifs is 1. The molecule has 2 heteroatoms. The molecule has 2 rings (SSSR count). The molecule has 1 aromatic carbocycles. The first-order chi connectivity index (χ1) is 7.25. The molecule has 0 spiro atoms. The van der Waals surface area contributed by atoms with Gasteiger partial charge in [-0.25, -0.2) is 0 Å². The van der Waals surface area contributed by atoms with Crippen LogP contribution in [0.3, 0.4) is 0 Å². The highest BCUT2D eigenvalue weighted by Gasteiger charge is 2.08. The van der Waals surface area contributed by atoms with Crippen molar-refractivity contribution >= 4 is 5.69 Å². The molecular formula is C13H19NO. The zero-order valence-corrected chi connectivity index (χ0v) is 9.29. The Morgan fingerprint density at radius 2 is 2.27 bits per heavy atom. The Balaban J connectivity index is 2.20. The summed E-state index contributed by atoms with van der Waals surface area (Å²) < 4.78 is 0. The second kappa shape index (κ2) is 4.67. The lowest BCUT2D eigenvalue weighted by atomic mass is 10.0. The molecule has 0 aromatic heterocycles. The molecule has 1 aliphatic rings. The molecule has 0 aliphatic carbocycles. The minimum Gasteiger partial charge on any atom is -0.393 e.